The number of alkyl halides is 2. The van der Waals surface area contributed by atoms with Crippen molar-refractivity contribution in [1.82, 2.24) is 4.90 Å². The van der Waals surface area contributed by atoms with Gasteiger partial charge in [-0.1, -0.05) is 6.92 Å². The molecule has 0 aromatic heterocycles. The van der Waals surface area contributed by atoms with Crippen LogP contribution in [0.15, 0.2) is 0 Å². The summed E-state index contributed by atoms with van der Waals surface area (Å²) in [5.74, 6) is -2.58. The van der Waals surface area contributed by atoms with Gasteiger partial charge in [-0.15, -0.1) is 0 Å². The van der Waals surface area contributed by atoms with Crippen LogP contribution in [0, 0.1) is 0 Å². The minimum atomic E-state index is -2.58. The molecule has 0 saturated carbocycles. The van der Waals surface area contributed by atoms with Crippen LogP contribution in [0.25, 0.3) is 0 Å². The summed E-state index contributed by atoms with van der Waals surface area (Å²) in [7, 11) is 0. The molecule has 2 nitrogen and oxygen atoms in total. The number of hydrogen-bond donors (Lipinski definition) is 1. The van der Waals surface area contributed by atoms with E-state index in [9.17, 15) is 8.78 Å². The number of likely N-dealkylation sites (N-methyl/N-ethyl adjacent to an activating group) is 1. The maximum atomic E-state index is 12.8. The summed E-state index contributed by atoms with van der Waals surface area (Å²) in [6.07, 6.45) is -0.163. The number of rotatable bonds is 1. The average Bonchev–Trinajstić information content (AvgIpc) is 1.83. The molecule has 1 fully saturated rings. The predicted molar refractivity (Wildman–Crippen MR) is 39.7 cm³/mol. The van der Waals surface area contributed by atoms with Crippen LogP contribution in [0.2, 0.25) is 0 Å². The number of nitrogens with two attached hydrogens (primary N) is 1. The topological polar surface area (TPSA) is 29.3 Å². The summed E-state index contributed by atoms with van der Waals surface area (Å²) in [6, 6.07) is -0.362. The molecule has 0 amide bonds. The Morgan fingerprint density at radius 3 is 2.73 bits per heavy atom. The number of likely N-dealkylation sites (tertiary alicyclic amines) is 1. The van der Waals surface area contributed by atoms with Crippen LogP contribution in [0.3, 0.4) is 0 Å². The molecule has 1 aliphatic rings. The average molecular weight is 164 g/mol. The van der Waals surface area contributed by atoms with E-state index >= 15 is 0 Å². The van der Waals surface area contributed by atoms with E-state index in [4.69, 9.17) is 5.73 Å². The Balaban J connectivity index is 2.51. The highest BCUT2D eigenvalue weighted by Gasteiger charge is 2.38. The number of hydrogen-bond acceptors (Lipinski definition) is 2. The van der Waals surface area contributed by atoms with Gasteiger partial charge in [0.25, 0.3) is 5.92 Å². The molecule has 1 aliphatic heterocycles. The molecule has 4 heteroatoms. The first-order valence-electron chi connectivity index (χ1n) is 3.89. The Labute approximate surface area is 65.4 Å². The molecule has 0 radical (unpaired) electrons. The largest absolute Gasteiger partial charge is 0.326 e. The fraction of sp³-hybridized carbons (Fsp3) is 1.00. The normalized spacial score (nSPS) is 32.2. The Morgan fingerprint density at radius 2 is 2.27 bits per heavy atom. The summed E-state index contributed by atoms with van der Waals surface area (Å²) in [4.78, 5) is 1.69. The van der Waals surface area contributed by atoms with Gasteiger partial charge in [-0.2, -0.15) is 0 Å². The smallest absolute Gasteiger partial charge is 0.262 e. The quantitative estimate of drug-likeness (QED) is 0.617. The van der Waals surface area contributed by atoms with Crippen LogP contribution in [-0.2, 0) is 0 Å². The predicted octanol–water partition coefficient (Wildman–Crippen LogP) is 0.675. The second kappa shape index (κ2) is 3.03. The van der Waals surface area contributed by atoms with E-state index in [2.05, 4.69) is 0 Å². The Kier molecular flexibility index (Phi) is 2.44. The molecule has 1 atom stereocenters. The van der Waals surface area contributed by atoms with Gasteiger partial charge in [0.15, 0.2) is 0 Å². The molecule has 0 aliphatic carbocycles. The zero-order valence-corrected chi connectivity index (χ0v) is 6.69. The summed E-state index contributed by atoms with van der Waals surface area (Å²) < 4.78 is 25.5. The van der Waals surface area contributed by atoms with Crippen molar-refractivity contribution >= 4 is 0 Å². The fourth-order valence-corrected chi connectivity index (χ4v) is 1.48. The third-order valence-electron chi connectivity index (χ3n) is 1.96. The highest BCUT2D eigenvalue weighted by molar-refractivity contribution is 4.85. The van der Waals surface area contributed by atoms with Gasteiger partial charge in [0.05, 0.1) is 6.54 Å². The van der Waals surface area contributed by atoms with Crippen LogP contribution in [-0.4, -0.2) is 36.5 Å². The second-order valence-electron chi connectivity index (χ2n) is 3.15. The maximum absolute atomic E-state index is 12.8. The van der Waals surface area contributed by atoms with Gasteiger partial charge in [-0.25, -0.2) is 8.78 Å². The van der Waals surface area contributed by atoms with Gasteiger partial charge in [0.1, 0.15) is 0 Å². The SMILES string of the molecule is CCN1CC(N)CC(F)(F)C1. The van der Waals surface area contributed by atoms with E-state index in [1.165, 1.54) is 0 Å². The molecule has 0 spiro atoms. The highest BCUT2D eigenvalue weighted by atomic mass is 19.3. The summed E-state index contributed by atoms with van der Waals surface area (Å²) in [5, 5.41) is 0. The lowest BCUT2D eigenvalue weighted by Gasteiger charge is -2.35. The van der Waals surface area contributed by atoms with Gasteiger partial charge in [-0.3, -0.25) is 4.90 Å². The third kappa shape index (κ3) is 2.38. The fourth-order valence-electron chi connectivity index (χ4n) is 1.48. The van der Waals surface area contributed by atoms with E-state index in [0.717, 1.165) is 0 Å². The van der Waals surface area contributed by atoms with Crippen molar-refractivity contribution < 1.29 is 8.78 Å². The molecule has 2 N–H and O–H groups in total. The molecule has 0 aromatic carbocycles. The minimum Gasteiger partial charge on any atom is -0.326 e. The molecular formula is C7H14F2N2. The van der Waals surface area contributed by atoms with Crippen LogP contribution >= 0.6 is 0 Å². The molecule has 1 heterocycles. The van der Waals surface area contributed by atoms with E-state index in [1.54, 1.807) is 4.90 Å². The number of halogens is 2. The standard InChI is InChI=1S/C7H14F2N2/c1-2-11-4-6(10)3-7(8,9)5-11/h6H,2-5,10H2,1H3. The van der Waals surface area contributed by atoms with Crippen molar-refractivity contribution in [2.45, 2.75) is 25.3 Å². The zero-order chi connectivity index (χ0) is 8.48. The monoisotopic (exact) mass is 164 g/mol. The molecule has 1 rings (SSSR count). The van der Waals surface area contributed by atoms with Gasteiger partial charge >= 0.3 is 0 Å². The lowest BCUT2D eigenvalue weighted by atomic mass is 10.0. The Bertz CT molecular complexity index is 138. The summed E-state index contributed by atoms with van der Waals surface area (Å²) >= 11 is 0. The van der Waals surface area contributed by atoms with Gasteiger partial charge in [-0.05, 0) is 6.54 Å². The van der Waals surface area contributed by atoms with E-state index < -0.39 is 5.92 Å². The van der Waals surface area contributed by atoms with Gasteiger partial charge in [0, 0.05) is 19.0 Å². The number of piperidine rings is 1. The maximum Gasteiger partial charge on any atom is 0.262 e. The first-order valence-corrected chi connectivity index (χ1v) is 3.89. The minimum absolute atomic E-state index is 0.128. The first-order chi connectivity index (χ1) is 5.03. The third-order valence-corrected chi connectivity index (χ3v) is 1.96. The van der Waals surface area contributed by atoms with Crippen LogP contribution < -0.4 is 5.73 Å². The molecule has 1 saturated heterocycles. The van der Waals surface area contributed by atoms with Crippen molar-refractivity contribution in [2.75, 3.05) is 19.6 Å². The van der Waals surface area contributed by atoms with E-state index in [-0.39, 0.29) is 19.0 Å². The molecule has 1 unspecified atom stereocenters. The van der Waals surface area contributed by atoms with E-state index in [0.29, 0.717) is 13.1 Å². The lowest BCUT2D eigenvalue weighted by Crippen LogP contribution is -2.52. The molecule has 66 valence electrons. The lowest BCUT2D eigenvalue weighted by molar-refractivity contribution is -0.0690. The first kappa shape index (κ1) is 8.87. The van der Waals surface area contributed by atoms with E-state index in [1.807, 2.05) is 6.92 Å². The van der Waals surface area contributed by atoms with Crippen molar-refractivity contribution in [1.29, 1.82) is 0 Å². The summed E-state index contributed by atoms with van der Waals surface area (Å²) in [6.45, 7) is 3.00. The van der Waals surface area contributed by atoms with Crippen molar-refractivity contribution in [3.63, 3.8) is 0 Å². The highest BCUT2D eigenvalue weighted by Crippen LogP contribution is 2.25. The molecule has 0 bridgehead atoms. The van der Waals surface area contributed by atoms with Gasteiger partial charge < -0.3 is 5.73 Å². The summed E-state index contributed by atoms with van der Waals surface area (Å²) in [5.41, 5.74) is 5.45. The molecular weight excluding hydrogens is 150 g/mol. The van der Waals surface area contributed by atoms with Crippen LogP contribution in [0.4, 0.5) is 8.78 Å². The Hall–Kier alpha value is -0.220. The van der Waals surface area contributed by atoms with Crippen molar-refractivity contribution in [3.05, 3.63) is 0 Å². The molecule has 11 heavy (non-hydrogen) atoms. The van der Waals surface area contributed by atoms with Crippen LogP contribution in [0.5, 0.6) is 0 Å². The zero-order valence-electron chi connectivity index (χ0n) is 6.69. The second-order valence-corrected chi connectivity index (χ2v) is 3.15. The van der Waals surface area contributed by atoms with Crippen molar-refractivity contribution in [2.24, 2.45) is 5.73 Å². The molecule has 0 aromatic rings. The van der Waals surface area contributed by atoms with Crippen molar-refractivity contribution in [3.8, 4) is 0 Å². The number of nitrogens with zero attached hydrogens (tertiary/aromatic N) is 1. The van der Waals surface area contributed by atoms with Gasteiger partial charge in [0.2, 0.25) is 0 Å². The Morgan fingerprint density at radius 1 is 1.64 bits per heavy atom. The van der Waals surface area contributed by atoms with Crippen LogP contribution in [0.1, 0.15) is 13.3 Å².